The van der Waals surface area contributed by atoms with E-state index in [0.29, 0.717) is 19.0 Å². The molecule has 1 aliphatic rings. The summed E-state index contributed by atoms with van der Waals surface area (Å²) in [4.78, 5) is 15.3. The van der Waals surface area contributed by atoms with Crippen molar-refractivity contribution >= 4 is 5.78 Å². The van der Waals surface area contributed by atoms with Crippen LogP contribution in [0.1, 0.15) is 19.8 Å². The van der Waals surface area contributed by atoms with E-state index in [4.69, 9.17) is 0 Å². The number of carbonyl (C=O) groups excluding carboxylic acids is 1. The third kappa shape index (κ3) is 4.28. The number of hydrogen-bond donors (Lipinski definition) is 1. The van der Waals surface area contributed by atoms with E-state index in [1.807, 2.05) is 14.1 Å². The van der Waals surface area contributed by atoms with Crippen molar-refractivity contribution in [2.75, 3.05) is 33.7 Å². The number of likely N-dealkylation sites (N-methyl/N-ethyl adjacent to an activating group) is 1. The highest BCUT2D eigenvalue weighted by Crippen LogP contribution is 2.18. The van der Waals surface area contributed by atoms with Crippen LogP contribution in [-0.2, 0) is 4.79 Å². The van der Waals surface area contributed by atoms with Gasteiger partial charge in [-0.15, -0.1) is 0 Å². The molecule has 0 radical (unpaired) electrons. The van der Waals surface area contributed by atoms with E-state index in [0.717, 1.165) is 19.5 Å². The summed E-state index contributed by atoms with van der Waals surface area (Å²) < 4.78 is 0. The van der Waals surface area contributed by atoms with Crippen molar-refractivity contribution in [2.45, 2.75) is 31.9 Å². The first-order chi connectivity index (χ1) is 6.99. The van der Waals surface area contributed by atoms with Crippen LogP contribution >= 0.6 is 0 Å². The van der Waals surface area contributed by atoms with Gasteiger partial charge in [0.1, 0.15) is 5.78 Å². The molecule has 0 saturated carbocycles. The van der Waals surface area contributed by atoms with Gasteiger partial charge in [-0.05, 0) is 27.4 Å². The van der Waals surface area contributed by atoms with E-state index in [1.54, 1.807) is 6.92 Å². The molecule has 15 heavy (non-hydrogen) atoms. The summed E-state index contributed by atoms with van der Waals surface area (Å²) in [6.45, 7) is 4.07. The molecule has 0 aromatic rings. The summed E-state index contributed by atoms with van der Waals surface area (Å²) in [7, 11) is 4.07. The van der Waals surface area contributed by atoms with Crippen molar-refractivity contribution in [3.05, 3.63) is 0 Å². The van der Waals surface area contributed by atoms with Crippen LogP contribution in [0, 0.1) is 0 Å². The highest BCUT2D eigenvalue weighted by atomic mass is 16.3. The van der Waals surface area contributed by atoms with E-state index < -0.39 is 0 Å². The fourth-order valence-electron chi connectivity index (χ4n) is 2.14. The first-order valence-corrected chi connectivity index (χ1v) is 5.55. The Morgan fingerprint density at radius 3 is 2.73 bits per heavy atom. The molecule has 88 valence electrons. The molecule has 1 aliphatic heterocycles. The Labute approximate surface area is 91.9 Å². The fourth-order valence-corrected chi connectivity index (χ4v) is 2.14. The lowest BCUT2D eigenvalue weighted by atomic mass is 10.2. The summed E-state index contributed by atoms with van der Waals surface area (Å²) in [5.74, 6) is 0.222. The van der Waals surface area contributed by atoms with Gasteiger partial charge in [-0.1, -0.05) is 0 Å². The van der Waals surface area contributed by atoms with Gasteiger partial charge in [0, 0.05) is 32.1 Å². The van der Waals surface area contributed by atoms with E-state index >= 15 is 0 Å². The molecule has 0 spiro atoms. The Bertz CT molecular complexity index is 219. The molecule has 0 aromatic heterocycles. The van der Waals surface area contributed by atoms with Crippen molar-refractivity contribution in [1.82, 2.24) is 9.80 Å². The minimum atomic E-state index is -0.220. The molecule has 0 bridgehead atoms. The second kappa shape index (κ2) is 5.58. The molecule has 1 saturated heterocycles. The van der Waals surface area contributed by atoms with Crippen molar-refractivity contribution < 1.29 is 9.90 Å². The second-order valence-electron chi connectivity index (χ2n) is 4.75. The summed E-state index contributed by atoms with van der Waals surface area (Å²) in [6, 6.07) is 0.398. The molecule has 1 fully saturated rings. The summed E-state index contributed by atoms with van der Waals surface area (Å²) in [6.07, 6.45) is 1.20. The first-order valence-electron chi connectivity index (χ1n) is 5.55. The molecule has 2 atom stereocenters. The standard InChI is InChI=1S/C11H22N2O2/c1-9(14)4-5-13-8-11(15)6-10(13)7-12(2)3/h10-11,15H,4-8H2,1-3H3. The number of aliphatic hydroxyl groups is 1. The zero-order chi connectivity index (χ0) is 11.4. The molecule has 4 heteroatoms. The van der Waals surface area contributed by atoms with Crippen LogP contribution in [0.15, 0.2) is 0 Å². The Hall–Kier alpha value is -0.450. The van der Waals surface area contributed by atoms with Crippen LogP contribution < -0.4 is 0 Å². The van der Waals surface area contributed by atoms with Gasteiger partial charge in [0.15, 0.2) is 0 Å². The molecular weight excluding hydrogens is 192 g/mol. The number of β-amino-alcohol motifs (C(OH)–C–C–N with tert-alkyl or cyclic N) is 1. The normalized spacial score (nSPS) is 27.5. The molecule has 0 aromatic carbocycles. The van der Waals surface area contributed by atoms with E-state index in [1.165, 1.54) is 0 Å². The van der Waals surface area contributed by atoms with Crippen LogP contribution in [0.3, 0.4) is 0 Å². The number of ketones is 1. The topological polar surface area (TPSA) is 43.8 Å². The number of hydrogen-bond acceptors (Lipinski definition) is 4. The van der Waals surface area contributed by atoms with E-state index in [-0.39, 0.29) is 11.9 Å². The van der Waals surface area contributed by atoms with Crippen LogP contribution in [0.25, 0.3) is 0 Å². The average Bonchev–Trinajstić information content (AvgIpc) is 2.41. The molecule has 0 aliphatic carbocycles. The van der Waals surface area contributed by atoms with Crippen LogP contribution in [0.5, 0.6) is 0 Å². The lowest BCUT2D eigenvalue weighted by molar-refractivity contribution is -0.117. The largest absolute Gasteiger partial charge is 0.392 e. The van der Waals surface area contributed by atoms with Gasteiger partial charge in [0.25, 0.3) is 0 Å². The van der Waals surface area contributed by atoms with Crippen LogP contribution in [0.2, 0.25) is 0 Å². The van der Waals surface area contributed by atoms with Crippen molar-refractivity contribution in [3.8, 4) is 0 Å². The lowest BCUT2D eigenvalue weighted by Crippen LogP contribution is -2.38. The smallest absolute Gasteiger partial charge is 0.131 e. The molecule has 1 heterocycles. The fraction of sp³-hybridized carbons (Fsp3) is 0.909. The van der Waals surface area contributed by atoms with Crippen LogP contribution in [0.4, 0.5) is 0 Å². The summed E-state index contributed by atoms with van der Waals surface area (Å²) in [5, 5.41) is 9.60. The third-order valence-corrected chi connectivity index (χ3v) is 2.83. The Morgan fingerprint density at radius 2 is 2.20 bits per heavy atom. The number of Topliss-reactive ketones (excluding diaryl/α,β-unsaturated/α-hetero) is 1. The molecule has 1 N–H and O–H groups in total. The highest BCUT2D eigenvalue weighted by Gasteiger charge is 2.30. The van der Waals surface area contributed by atoms with Crippen LogP contribution in [-0.4, -0.2) is 66.6 Å². The maximum Gasteiger partial charge on any atom is 0.131 e. The van der Waals surface area contributed by atoms with Gasteiger partial charge in [0.05, 0.1) is 6.10 Å². The zero-order valence-electron chi connectivity index (χ0n) is 9.94. The van der Waals surface area contributed by atoms with Crippen molar-refractivity contribution in [2.24, 2.45) is 0 Å². The number of nitrogens with zero attached hydrogens (tertiary/aromatic N) is 2. The second-order valence-corrected chi connectivity index (χ2v) is 4.75. The number of rotatable bonds is 5. The summed E-state index contributed by atoms with van der Waals surface area (Å²) >= 11 is 0. The van der Waals surface area contributed by atoms with Gasteiger partial charge in [0.2, 0.25) is 0 Å². The molecule has 4 nitrogen and oxygen atoms in total. The van der Waals surface area contributed by atoms with Crippen molar-refractivity contribution in [3.63, 3.8) is 0 Å². The van der Waals surface area contributed by atoms with Gasteiger partial charge in [-0.2, -0.15) is 0 Å². The van der Waals surface area contributed by atoms with Gasteiger partial charge < -0.3 is 10.0 Å². The number of aliphatic hydroxyl groups excluding tert-OH is 1. The Balaban J connectivity index is 2.41. The van der Waals surface area contributed by atoms with Gasteiger partial charge in [-0.25, -0.2) is 0 Å². The Kier molecular flexibility index (Phi) is 4.70. The number of likely N-dealkylation sites (tertiary alicyclic amines) is 1. The predicted octanol–water partition coefficient (Wildman–Crippen LogP) is -0.0377. The Morgan fingerprint density at radius 1 is 1.53 bits per heavy atom. The predicted molar refractivity (Wildman–Crippen MR) is 59.8 cm³/mol. The minimum Gasteiger partial charge on any atom is -0.392 e. The zero-order valence-corrected chi connectivity index (χ0v) is 9.94. The van der Waals surface area contributed by atoms with Crippen molar-refractivity contribution in [1.29, 1.82) is 0 Å². The maximum atomic E-state index is 10.9. The minimum absolute atomic E-state index is 0.220. The average molecular weight is 214 g/mol. The SMILES string of the molecule is CC(=O)CCN1CC(O)CC1CN(C)C. The third-order valence-electron chi connectivity index (χ3n) is 2.83. The van der Waals surface area contributed by atoms with Gasteiger partial charge >= 0.3 is 0 Å². The molecule has 2 unspecified atom stereocenters. The monoisotopic (exact) mass is 214 g/mol. The van der Waals surface area contributed by atoms with E-state index in [9.17, 15) is 9.90 Å². The highest BCUT2D eigenvalue weighted by molar-refractivity contribution is 5.75. The molecule has 0 amide bonds. The maximum absolute atomic E-state index is 10.9. The number of carbonyl (C=O) groups is 1. The molecular formula is C11H22N2O2. The summed E-state index contributed by atoms with van der Waals surface area (Å²) in [5.41, 5.74) is 0. The van der Waals surface area contributed by atoms with Gasteiger partial charge in [-0.3, -0.25) is 9.69 Å². The molecule has 1 rings (SSSR count). The quantitative estimate of drug-likeness (QED) is 0.697. The first kappa shape index (κ1) is 12.6. The lowest BCUT2D eigenvalue weighted by Gasteiger charge is -2.26. The van der Waals surface area contributed by atoms with E-state index in [2.05, 4.69) is 9.80 Å².